The van der Waals surface area contributed by atoms with Gasteiger partial charge in [-0.15, -0.1) is 0 Å². The number of carbonyl (C=O) groups is 3. The third kappa shape index (κ3) is 6.83. The topological polar surface area (TPSA) is 123 Å². The number of hydrogen-bond acceptors (Lipinski definition) is 6. The molecule has 3 N–H and O–H groups in total. The maximum absolute atomic E-state index is 13.1. The van der Waals surface area contributed by atoms with Gasteiger partial charge < -0.3 is 30.0 Å². The number of aliphatic carboxylic acids is 1. The molecule has 9 nitrogen and oxygen atoms in total. The van der Waals surface area contributed by atoms with Crippen LogP contribution in [-0.2, 0) is 14.3 Å². The number of fused-ring (bicyclic) bond motifs is 3. The highest BCUT2D eigenvalue weighted by Gasteiger charge is 2.30. The van der Waals surface area contributed by atoms with Gasteiger partial charge in [-0.2, -0.15) is 0 Å². The van der Waals surface area contributed by atoms with Crippen molar-refractivity contribution in [1.82, 2.24) is 10.6 Å². The summed E-state index contributed by atoms with van der Waals surface area (Å²) < 4.78 is 16.0. The Kier molecular flexibility index (Phi) is 9.44. The van der Waals surface area contributed by atoms with Crippen LogP contribution in [0, 0.1) is 0 Å². The van der Waals surface area contributed by atoms with Crippen LogP contribution in [0.15, 0.2) is 97.1 Å². The van der Waals surface area contributed by atoms with Gasteiger partial charge in [0.15, 0.2) is 0 Å². The molecule has 4 aromatic rings. The van der Waals surface area contributed by atoms with Gasteiger partial charge in [0.05, 0.1) is 20.3 Å². The maximum Gasteiger partial charge on any atom is 0.407 e. The summed E-state index contributed by atoms with van der Waals surface area (Å²) in [5.41, 5.74) is 5.92. The predicted octanol–water partition coefficient (Wildman–Crippen LogP) is 5.68. The SMILES string of the molecule is COc1ccc(C(NC(=O)CC[C@H](NC(=O)OCC2c3ccccc3-c3ccccc32)C(=O)O)c2ccc(OC)cc2)cc1. The van der Waals surface area contributed by atoms with E-state index in [-0.39, 0.29) is 31.3 Å². The number of benzene rings is 4. The minimum atomic E-state index is -1.31. The van der Waals surface area contributed by atoms with Crippen molar-refractivity contribution >= 4 is 18.0 Å². The molecule has 0 saturated carbocycles. The Balaban J connectivity index is 1.20. The van der Waals surface area contributed by atoms with Crippen LogP contribution >= 0.6 is 0 Å². The zero-order chi connectivity index (χ0) is 31.1. The number of methoxy groups -OCH3 is 2. The van der Waals surface area contributed by atoms with Crippen LogP contribution in [-0.4, -0.2) is 49.9 Å². The Hall–Kier alpha value is -5.31. The van der Waals surface area contributed by atoms with Gasteiger partial charge in [-0.1, -0.05) is 72.8 Å². The van der Waals surface area contributed by atoms with Crippen LogP contribution in [0.4, 0.5) is 4.79 Å². The van der Waals surface area contributed by atoms with Crippen molar-refractivity contribution in [2.24, 2.45) is 0 Å². The quantitative estimate of drug-likeness (QED) is 0.193. The zero-order valence-electron chi connectivity index (χ0n) is 24.5. The van der Waals surface area contributed by atoms with Crippen molar-refractivity contribution in [3.8, 4) is 22.6 Å². The van der Waals surface area contributed by atoms with Gasteiger partial charge in [0.2, 0.25) is 5.91 Å². The smallest absolute Gasteiger partial charge is 0.407 e. The molecule has 0 bridgehead atoms. The molecule has 0 spiro atoms. The highest BCUT2D eigenvalue weighted by molar-refractivity contribution is 5.82. The average molecular weight is 595 g/mol. The summed E-state index contributed by atoms with van der Waals surface area (Å²) in [5.74, 6) is -0.431. The lowest BCUT2D eigenvalue weighted by Gasteiger charge is -2.21. The van der Waals surface area contributed by atoms with E-state index >= 15 is 0 Å². The second kappa shape index (κ2) is 13.8. The molecule has 0 aliphatic heterocycles. The molecule has 226 valence electrons. The minimum absolute atomic E-state index is 0.0537. The Bertz CT molecular complexity index is 1530. The van der Waals surface area contributed by atoms with Gasteiger partial charge in [-0.05, 0) is 64.1 Å². The van der Waals surface area contributed by atoms with E-state index < -0.39 is 24.1 Å². The molecule has 1 atom stereocenters. The van der Waals surface area contributed by atoms with Crippen molar-refractivity contribution in [2.75, 3.05) is 20.8 Å². The summed E-state index contributed by atoms with van der Waals surface area (Å²) >= 11 is 0. The van der Waals surface area contributed by atoms with E-state index in [4.69, 9.17) is 14.2 Å². The minimum Gasteiger partial charge on any atom is -0.497 e. The van der Waals surface area contributed by atoms with Crippen LogP contribution in [0.2, 0.25) is 0 Å². The number of hydrogen-bond donors (Lipinski definition) is 3. The molecule has 5 rings (SSSR count). The van der Waals surface area contributed by atoms with Crippen LogP contribution in [0.25, 0.3) is 11.1 Å². The third-order valence-corrected chi connectivity index (χ3v) is 7.80. The average Bonchev–Trinajstić information content (AvgIpc) is 3.38. The molecular formula is C35H34N2O7. The van der Waals surface area contributed by atoms with Gasteiger partial charge in [0, 0.05) is 12.3 Å². The van der Waals surface area contributed by atoms with Crippen LogP contribution in [0.1, 0.15) is 47.1 Å². The Morgan fingerprint density at radius 1 is 0.727 bits per heavy atom. The molecule has 4 aromatic carbocycles. The normalized spacial score (nSPS) is 12.5. The van der Waals surface area contributed by atoms with Crippen molar-refractivity contribution in [3.63, 3.8) is 0 Å². The van der Waals surface area contributed by atoms with E-state index in [0.717, 1.165) is 33.4 Å². The van der Waals surface area contributed by atoms with Gasteiger partial charge in [-0.3, -0.25) is 4.79 Å². The Morgan fingerprint density at radius 3 is 1.70 bits per heavy atom. The van der Waals surface area contributed by atoms with Crippen LogP contribution in [0.3, 0.4) is 0 Å². The lowest BCUT2D eigenvalue weighted by molar-refractivity contribution is -0.139. The van der Waals surface area contributed by atoms with Gasteiger partial charge in [0.1, 0.15) is 24.1 Å². The highest BCUT2D eigenvalue weighted by Crippen LogP contribution is 2.44. The molecule has 2 amide bonds. The molecule has 9 heteroatoms. The first kappa shape index (κ1) is 30.2. The molecule has 1 aliphatic carbocycles. The summed E-state index contributed by atoms with van der Waals surface area (Å²) in [6.07, 6.45) is -1.11. The number of carboxylic acids is 1. The standard InChI is InChI=1S/C35H34N2O7/c1-42-24-15-11-22(12-16-24)33(23-13-17-25(43-2)18-14-23)37-32(38)20-19-31(34(39)40)36-35(41)44-21-30-28-9-5-3-7-26(28)27-8-4-6-10-29(27)30/h3-18,30-31,33H,19-21H2,1-2H3,(H,36,41)(H,37,38)(H,39,40)/t31-/m0/s1. The number of ether oxygens (including phenoxy) is 3. The molecule has 0 unspecified atom stereocenters. The van der Waals surface area contributed by atoms with Crippen molar-refractivity contribution < 1.29 is 33.7 Å². The Labute approximate surface area is 255 Å². The maximum atomic E-state index is 13.1. The molecule has 0 aromatic heterocycles. The van der Waals surface area contributed by atoms with E-state index in [1.807, 2.05) is 72.8 Å². The first-order valence-corrected chi connectivity index (χ1v) is 14.3. The highest BCUT2D eigenvalue weighted by atomic mass is 16.5. The van der Waals surface area contributed by atoms with Gasteiger partial charge in [-0.25, -0.2) is 9.59 Å². The predicted molar refractivity (Wildman–Crippen MR) is 165 cm³/mol. The number of alkyl carbamates (subject to hydrolysis) is 1. The lowest BCUT2D eigenvalue weighted by atomic mass is 9.98. The second-order valence-corrected chi connectivity index (χ2v) is 10.4. The number of rotatable bonds is 12. The molecular weight excluding hydrogens is 560 g/mol. The van der Waals surface area contributed by atoms with Crippen molar-refractivity contribution in [1.29, 1.82) is 0 Å². The molecule has 0 radical (unpaired) electrons. The van der Waals surface area contributed by atoms with E-state index in [2.05, 4.69) is 10.6 Å². The molecule has 0 heterocycles. The zero-order valence-corrected chi connectivity index (χ0v) is 24.5. The number of amides is 2. The van der Waals surface area contributed by atoms with E-state index in [1.165, 1.54) is 0 Å². The largest absolute Gasteiger partial charge is 0.497 e. The van der Waals surface area contributed by atoms with E-state index in [9.17, 15) is 19.5 Å². The fraction of sp³-hybridized carbons (Fsp3) is 0.229. The van der Waals surface area contributed by atoms with Gasteiger partial charge >= 0.3 is 12.1 Å². The number of nitrogens with one attached hydrogen (secondary N) is 2. The summed E-state index contributed by atoms with van der Waals surface area (Å²) in [7, 11) is 3.15. The molecule has 0 saturated heterocycles. The lowest BCUT2D eigenvalue weighted by Crippen LogP contribution is -2.42. The fourth-order valence-electron chi connectivity index (χ4n) is 5.50. The van der Waals surface area contributed by atoms with Crippen LogP contribution in [0.5, 0.6) is 11.5 Å². The number of carboxylic acid groups (broad SMARTS) is 1. The number of carbonyl (C=O) groups excluding carboxylic acids is 2. The molecule has 44 heavy (non-hydrogen) atoms. The summed E-state index contributed by atoms with van der Waals surface area (Å²) in [6.45, 7) is 0.0537. The summed E-state index contributed by atoms with van der Waals surface area (Å²) in [6, 6.07) is 28.7. The molecule has 0 fully saturated rings. The van der Waals surface area contributed by atoms with Crippen molar-refractivity contribution in [3.05, 3.63) is 119 Å². The van der Waals surface area contributed by atoms with Crippen molar-refractivity contribution in [2.45, 2.75) is 30.8 Å². The Morgan fingerprint density at radius 2 is 1.23 bits per heavy atom. The third-order valence-electron chi connectivity index (χ3n) is 7.80. The van der Waals surface area contributed by atoms with E-state index in [0.29, 0.717) is 11.5 Å². The fourth-order valence-corrected chi connectivity index (χ4v) is 5.50. The summed E-state index contributed by atoms with van der Waals surface area (Å²) in [5, 5.41) is 15.2. The first-order chi connectivity index (χ1) is 21.4. The second-order valence-electron chi connectivity index (χ2n) is 10.4. The van der Waals surface area contributed by atoms with E-state index in [1.54, 1.807) is 38.5 Å². The monoisotopic (exact) mass is 594 g/mol. The van der Waals surface area contributed by atoms with Crippen LogP contribution < -0.4 is 20.1 Å². The molecule has 1 aliphatic rings. The first-order valence-electron chi connectivity index (χ1n) is 14.3. The summed E-state index contributed by atoms with van der Waals surface area (Å²) in [4.78, 5) is 37.8. The van der Waals surface area contributed by atoms with Gasteiger partial charge in [0.25, 0.3) is 0 Å².